The van der Waals surface area contributed by atoms with E-state index < -0.39 is 32.5 Å². The van der Waals surface area contributed by atoms with Crippen LogP contribution in [-0.4, -0.2) is 46.8 Å². The molecule has 0 saturated heterocycles. The first kappa shape index (κ1) is 50.2. The van der Waals surface area contributed by atoms with Gasteiger partial charge in [0.05, 0.1) is 6.61 Å². The van der Waals surface area contributed by atoms with Gasteiger partial charge in [0.2, 0.25) is 0 Å². The maximum Gasteiger partial charge on any atom is 0.469 e. The molecule has 0 aromatic heterocycles. The van der Waals surface area contributed by atoms with Crippen LogP contribution in [0.25, 0.3) is 0 Å². The average molecular weight is 763 g/mol. The van der Waals surface area contributed by atoms with Crippen molar-refractivity contribution in [3.63, 3.8) is 0 Å². The second-order valence-electron chi connectivity index (χ2n) is 13.3. The highest BCUT2D eigenvalue weighted by Crippen LogP contribution is 2.36. The van der Waals surface area contributed by atoms with Gasteiger partial charge in [-0.15, -0.1) is 0 Å². The zero-order chi connectivity index (χ0) is 39.1. The quantitative estimate of drug-likeness (QED) is 0.0160. The zero-order valence-electron chi connectivity index (χ0n) is 32.9. The van der Waals surface area contributed by atoms with Gasteiger partial charge < -0.3 is 19.3 Å². The van der Waals surface area contributed by atoms with Crippen molar-refractivity contribution in [2.45, 2.75) is 168 Å². The summed E-state index contributed by atoms with van der Waals surface area (Å²) in [5, 5.41) is 0. The molecule has 0 aromatic carbocycles. The number of esters is 2. The molecule has 0 aliphatic rings. The maximum atomic E-state index is 12.4. The van der Waals surface area contributed by atoms with Gasteiger partial charge in [-0.1, -0.05) is 132 Å². The number of phosphoric ester groups is 1. The molecule has 0 aromatic rings. The van der Waals surface area contributed by atoms with E-state index in [9.17, 15) is 18.9 Å². The Labute approximate surface area is 321 Å². The minimum absolute atomic E-state index is 0.153. The molecule has 0 amide bonds. The number of allylic oxidation sites excluding steroid dienone is 12. The van der Waals surface area contributed by atoms with E-state index in [0.29, 0.717) is 19.3 Å². The SMILES string of the molecule is CCCCC/C=C\C/C=C\C/C=C\C/C=C\CCCCCC(=O)O[C@H](COC(=O)CCCCCCC/C=C\C=C\C(=O)CCCCC)COP(=O)(O)O. The standard InChI is InChI=1S/C43H71O9P/c1-3-5-7-8-9-10-11-12-13-14-15-16-17-18-19-22-26-29-33-37-43(46)52-41(39-51-53(47,48)49)38-50-42(45)36-32-28-25-23-20-21-24-27-31-35-40(44)34-30-6-4-2/h9-10,12-13,15-16,18-19,24,27,31,35,41H,3-8,11,14,17,20-23,25-26,28-30,32-34,36-39H2,1-2H3,(H2,47,48,49)/b10-9-,13-12-,16-15-,19-18-,27-24-,35-31+/t41-/m1/s1. The van der Waals surface area contributed by atoms with Gasteiger partial charge in [-0.3, -0.25) is 18.9 Å². The number of carbonyl (C=O) groups excluding carboxylic acids is 3. The minimum atomic E-state index is -4.79. The number of hydrogen-bond donors (Lipinski definition) is 2. The van der Waals surface area contributed by atoms with Crippen LogP contribution >= 0.6 is 7.82 Å². The molecular weight excluding hydrogens is 691 g/mol. The lowest BCUT2D eigenvalue weighted by molar-refractivity contribution is -0.161. The third-order valence-corrected chi connectivity index (χ3v) is 8.66. The Hall–Kier alpha value is -2.84. The molecule has 302 valence electrons. The summed E-state index contributed by atoms with van der Waals surface area (Å²) >= 11 is 0. The van der Waals surface area contributed by atoms with Crippen molar-refractivity contribution in [1.29, 1.82) is 0 Å². The molecule has 0 bridgehead atoms. The van der Waals surface area contributed by atoms with Gasteiger partial charge in [-0.05, 0) is 83.1 Å². The smallest absolute Gasteiger partial charge is 0.462 e. The first-order valence-electron chi connectivity index (χ1n) is 20.2. The van der Waals surface area contributed by atoms with Gasteiger partial charge >= 0.3 is 19.8 Å². The number of carbonyl (C=O) groups is 3. The number of rotatable bonds is 36. The van der Waals surface area contributed by atoms with Crippen LogP contribution in [0, 0.1) is 0 Å². The fraction of sp³-hybridized carbons (Fsp3) is 0.651. The molecule has 0 aliphatic heterocycles. The molecule has 0 aliphatic carbocycles. The maximum absolute atomic E-state index is 12.4. The van der Waals surface area contributed by atoms with E-state index in [0.717, 1.165) is 89.9 Å². The molecule has 0 saturated carbocycles. The van der Waals surface area contributed by atoms with E-state index >= 15 is 0 Å². The summed E-state index contributed by atoms with van der Waals surface area (Å²) in [6, 6.07) is 0. The van der Waals surface area contributed by atoms with Crippen molar-refractivity contribution in [3.8, 4) is 0 Å². The first-order valence-corrected chi connectivity index (χ1v) is 21.7. The summed E-state index contributed by atoms with van der Waals surface area (Å²) in [6.45, 7) is 3.43. The Morgan fingerprint density at radius 1 is 0.547 bits per heavy atom. The third-order valence-electron chi connectivity index (χ3n) is 8.17. The second-order valence-corrected chi connectivity index (χ2v) is 14.5. The van der Waals surface area contributed by atoms with Crippen molar-refractivity contribution >= 4 is 25.5 Å². The number of phosphoric acid groups is 1. The van der Waals surface area contributed by atoms with Gasteiger partial charge in [0, 0.05) is 19.3 Å². The predicted molar refractivity (Wildman–Crippen MR) is 216 cm³/mol. The molecule has 0 spiro atoms. The first-order chi connectivity index (χ1) is 25.7. The van der Waals surface area contributed by atoms with Crippen LogP contribution in [0.1, 0.15) is 162 Å². The van der Waals surface area contributed by atoms with E-state index in [4.69, 9.17) is 19.3 Å². The highest BCUT2D eigenvalue weighted by atomic mass is 31.2. The van der Waals surface area contributed by atoms with Crippen molar-refractivity contribution in [2.24, 2.45) is 0 Å². The molecule has 0 radical (unpaired) electrons. The Bertz CT molecular complexity index is 1150. The Morgan fingerprint density at radius 2 is 1.02 bits per heavy atom. The minimum Gasteiger partial charge on any atom is -0.462 e. The normalized spacial score (nSPS) is 13.1. The van der Waals surface area contributed by atoms with Gasteiger partial charge in [0.25, 0.3) is 0 Å². The zero-order valence-corrected chi connectivity index (χ0v) is 33.8. The Morgan fingerprint density at radius 3 is 1.62 bits per heavy atom. The topological polar surface area (TPSA) is 136 Å². The lowest BCUT2D eigenvalue weighted by Gasteiger charge is -2.18. The van der Waals surface area contributed by atoms with E-state index in [1.807, 2.05) is 6.08 Å². The van der Waals surface area contributed by atoms with Crippen LogP contribution in [0.5, 0.6) is 0 Å². The van der Waals surface area contributed by atoms with Crippen LogP contribution in [0.3, 0.4) is 0 Å². The average Bonchev–Trinajstić information content (AvgIpc) is 3.12. The van der Waals surface area contributed by atoms with Gasteiger partial charge in [0.15, 0.2) is 11.9 Å². The molecule has 0 heterocycles. The Kier molecular flexibility index (Phi) is 35.5. The molecule has 0 rings (SSSR count). The molecule has 9 nitrogen and oxygen atoms in total. The molecule has 0 unspecified atom stereocenters. The monoisotopic (exact) mass is 762 g/mol. The highest BCUT2D eigenvalue weighted by molar-refractivity contribution is 7.46. The van der Waals surface area contributed by atoms with Crippen LogP contribution in [-0.2, 0) is 32.9 Å². The summed E-state index contributed by atoms with van der Waals surface area (Å²) in [6.07, 6.45) is 44.6. The second kappa shape index (κ2) is 37.5. The van der Waals surface area contributed by atoms with Crippen molar-refractivity contribution < 1.29 is 42.7 Å². The van der Waals surface area contributed by atoms with Gasteiger partial charge in [0.1, 0.15) is 6.61 Å². The van der Waals surface area contributed by atoms with Crippen molar-refractivity contribution in [3.05, 3.63) is 72.9 Å². The van der Waals surface area contributed by atoms with Crippen LogP contribution in [0.2, 0.25) is 0 Å². The highest BCUT2D eigenvalue weighted by Gasteiger charge is 2.22. The lowest BCUT2D eigenvalue weighted by atomic mass is 10.1. The van der Waals surface area contributed by atoms with Crippen LogP contribution in [0.15, 0.2) is 72.9 Å². The van der Waals surface area contributed by atoms with Gasteiger partial charge in [-0.25, -0.2) is 4.57 Å². The fourth-order valence-corrected chi connectivity index (χ4v) is 5.46. The molecule has 0 fully saturated rings. The molecule has 2 N–H and O–H groups in total. The number of ketones is 1. The lowest BCUT2D eigenvalue weighted by Crippen LogP contribution is -2.29. The summed E-state index contributed by atoms with van der Waals surface area (Å²) < 4.78 is 26.3. The number of unbranched alkanes of at least 4 members (excludes halogenated alkanes) is 13. The Balaban J connectivity index is 4.10. The summed E-state index contributed by atoms with van der Waals surface area (Å²) in [7, 11) is -4.79. The third kappa shape index (κ3) is 40.2. The molecule has 1 atom stereocenters. The largest absolute Gasteiger partial charge is 0.469 e. The number of ether oxygens (including phenoxy) is 2. The van der Waals surface area contributed by atoms with E-state index in [-0.39, 0.29) is 25.2 Å². The van der Waals surface area contributed by atoms with Crippen molar-refractivity contribution in [1.82, 2.24) is 0 Å². The summed E-state index contributed by atoms with van der Waals surface area (Å²) in [5.41, 5.74) is 0. The predicted octanol–water partition coefficient (Wildman–Crippen LogP) is 11.5. The molecular formula is C43H71O9P. The summed E-state index contributed by atoms with van der Waals surface area (Å²) in [5.74, 6) is -0.818. The number of hydrogen-bond acceptors (Lipinski definition) is 7. The molecule has 10 heteroatoms. The summed E-state index contributed by atoms with van der Waals surface area (Å²) in [4.78, 5) is 54.5. The van der Waals surface area contributed by atoms with E-state index in [2.05, 4.69) is 73.1 Å². The van der Waals surface area contributed by atoms with E-state index in [1.54, 1.807) is 12.2 Å². The van der Waals surface area contributed by atoms with E-state index in [1.165, 1.54) is 25.7 Å². The molecule has 53 heavy (non-hydrogen) atoms. The fourth-order valence-electron chi connectivity index (χ4n) is 5.10. The van der Waals surface area contributed by atoms with Crippen molar-refractivity contribution in [2.75, 3.05) is 13.2 Å². The van der Waals surface area contributed by atoms with Crippen LogP contribution < -0.4 is 0 Å². The van der Waals surface area contributed by atoms with Gasteiger partial charge in [-0.2, -0.15) is 0 Å². The van der Waals surface area contributed by atoms with Crippen LogP contribution in [0.4, 0.5) is 0 Å².